The van der Waals surface area contributed by atoms with Gasteiger partial charge in [0, 0.05) is 0 Å². The van der Waals surface area contributed by atoms with Crippen LogP contribution in [0.1, 0.15) is 19.4 Å². The van der Waals surface area contributed by atoms with E-state index in [0.29, 0.717) is 18.4 Å². The Bertz CT molecular complexity index is 337. The van der Waals surface area contributed by atoms with Gasteiger partial charge in [-0.3, -0.25) is 4.79 Å². The molecule has 2 nitrogen and oxygen atoms in total. The van der Waals surface area contributed by atoms with Crippen molar-refractivity contribution < 1.29 is 9.53 Å². The van der Waals surface area contributed by atoms with Crippen LogP contribution in [0.4, 0.5) is 0 Å². The summed E-state index contributed by atoms with van der Waals surface area (Å²) in [7, 11) is 0. The van der Waals surface area contributed by atoms with Gasteiger partial charge in [-0.05, 0) is 17.4 Å². The van der Waals surface area contributed by atoms with Gasteiger partial charge in [0.1, 0.15) is 6.61 Å². The fraction of sp³-hybridized carbons (Fsp3) is 0.462. The van der Waals surface area contributed by atoms with E-state index < -0.39 is 0 Å². The van der Waals surface area contributed by atoms with Crippen molar-refractivity contribution in [3.63, 3.8) is 0 Å². The number of hydrogen-bond donors (Lipinski definition) is 0. The van der Waals surface area contributed by atoms with Gasteiger partial charge >= 0.3 is 5.97 Å². The SMILES string of the molecule is CC1C(C)C1C(=O)OCc1ccccc1. The van der Waals surface area contributed by atoms with Crippen LogP contribution in [0.15, 0.2) is 30.3 Å². The van der Waals surface area contributed by atoms with Gasteiger partial charge in [0.15, 0.2) is 0 Å². The first kappa shape index (κ1) is 10.2. The Morgan fingerprint density at radius 1 is 1.20 bits per heavy atom. The molecule has 0 aromatic heterocycles. The second-order valence-corrected chi connectivity index (χ2v) is 4.34. The van der Waals surface area contributed by atoms with E-state index in [-0.39, 0.29) is 11.9 Å². The molecule has 0 saturated heterocycles. The molecule has 2 rings (SSSR count). The molecule has 1 saturated carbocycles. The van der Waals surface area contributed by atoms with Crippen LogP contribution in [0.5, 0.6) is 0 Å². The molecule has 0 heterocycles. The van der Waals surface area contributed by atoms with Crippen LogP contribution in [0, 0.1) is 17.8 Å². The molecule has 1 aromatic rings. The first-order valence-electron chi connectivity index (χ1n) is 5.40. The summed E-state index contributed by atoms with van der Waals surface area (Å²) in [6.45, 7) is 4.59. The zero-order valence-electron chi connectivity index (χ0n) is 9.14. The van der Waals surface area contributed by atoms with Gasteiger partial charge in [-0.25, -0.2) is 0 Å². The van der Waals surface area contributed by atoms with Crippen molar-refractivity contribution in [1.82, 2.24) is 0 Å². The van der Waals surface area contributed by atoms with E-state index in [0.717, 1.165) is 5.56 Å². The highest BCUT2D eigenvalue weighted by atomic mass is 16.5. The number of rotatable bonds is 3. The molecule has 1 aliphatic rings. The molecule has 0 amide bonds. The lowest BCUT2D eigenvalue weighted by Gasteiger charge is -2.03. The summed E-state index contributed by atoms with van der Waals surface area (Å²) in [5.74, 6) is 1.08. The highest BCUT2D eigenvalue weighted by molar-refractivity contribution is 5.76. The lowest BCUT2D eigenvalue weighted by atomic mass is 10.2. The van der Waals surface area contributed by atoms with Gasteiger partial charge in [-0.15, -0.1) is 0 Å². The van der Waals surface area contributed by atoms with Crippen LogP contribution in [-0.2, 0) is 16.1 Å². The molecule has 0 aliphatic heterocycles. The van der Waals surface area contributed by atoms with Crippen molar-refractivity contribution in [2.24, 2.45) is 17.8 Å². The highest BCUT2D eigenvalue weighted by Gasteiger charge is 2.49. The fourth-order valence-corrected chi connectivity index (χ4v) is 1.92. The first-order valence-corrected chi connectivity index (χ1v) is 5.40. The van der Waals surface area contributed by atoms with E-state index in [4.69, 9.17) is 4.74 Å². The van der Waals surface area contributed by atoms with Crippen LogP contribution in [0.25, 0.3) is 0 Å². The van der Waals surface area contributed by atoms with Crippen molar-refractivity contribution >= 4 is 5.97 Å². The topological polar surface area (TPSA) is 26.3 Å². The van der Waals surface area contributed by atoms with E-state index in [2.05, 4.69) is 13.8 Å². The second-order valence-electron chi connectivity index (χ2n) is 4.34. The third-order valence-corrected chi connectivity index (χ3v) is 3.32. The zero-order chi connectivity index (χ0) is 10.8. The summed E-state index contributed by atoms with van der Waals surface area (Å²) in [5.41, 5.74) is 1.05. The number of ether oxygens (including phenoxy) is 1. The van der Waals surface area contributed by atoms with Crippen molar-refractivity contribution in [3.05, 3.63) is 35.9 Å². The van der Waals surface area contributed by atoms with Crippen molar-refractivity contribution in [3.8, 4) is 0 Å². The Morgan fingerprint density at radius 3 is 2.33 bits per heavy atom. The second kappa shape index (κ2) is 4.05. The summed E-state index contributed by atoms with van der Waals surface area (Å²) in [4.78, 5) is 11.6. The lowest BCUT2D eigenvalue weighted by Crippen LogP contribution is -2.08. The summed E-state index contributed by atoms with van der Waals surface area (Å²) >= 11 is 0. The molecule has 1 fully saturated rings. The molecular formula is C13H16O2. The summed E-state index contributed by atoms with van der Waals surface area (Å²) in [6.07, 6.45) is 0. The van der Waals surface area contributed by atoms with Crippen molar-refractivity contribution in [2.75, 3.05) is 0 Å². The average Bonchev–Trinajstić information content (AvgIpc) is 2.85. The summed E-state index contributed by atoms with van der Waals surface area (Å²) in [6, 6.07) is 9.79. The molecule has 0 radical (unpaired) electrons. The van der Waals surface area contributed by atoms with Gasteiger partial charge in [-0.2, -0.15) is 0 Å². The Balaban J connectivity index is 1.82. The molecule has 0 N–H and O–H groups in total. The smallest absolute Gasteiger partial charge is 0.309 e. The third-order valence-electron chi connectivity index (χ3n) is 3.32. The van der Waals surface area contributed by atoms with Crippen LogP contribution < -0.4 is 0 Å². The predicted octanol–water partition coefficient (Wildman–Crippen LogP) is 2.63. The van der Waals surface area contributed by atoms with E-state index in [9.17, 15) is 4.79 Å². The molecule has 0 spiro atoms. The van der Waals surface area contributed by atoms with Crippen LogP contribution in [-0.4, -0.2) is 5.97 Å². The molecule has 2 atom stereocenters. The highest BCUT2D eigenvalue weighted by Crippen LogP contribution is 2.46. The van der Waals surface area contributed by atoms with E-state index in [1.54, 1.807) is 0 Å². The maximum Gasteiger partial charge on any atom is 0.309 e. The van der Waals surface area contributed by atoms with Crippen LogP contribution >= 0.6 is 0 Å². The number of hydrogen-bond acceptors (Lipinski definition) is 2. The van der Waals surface area contributed by atoms with E-state index in [1.165, 1.54) is 0 Å². The van der Waals surface area contributed by atoms with Gasteiger partial charge in [-0.1, -0.05) is 44.2 Å². The summed E-state index contributed by atoms with van der Waals surface area (Å²) < 4.78 is 5.25. The van der Waals surface area contributed by atoms with Crippen molar-refractivity contribution in [2.45, 2.75) is 20.5 Å². The van der Waals surface area contributed by atoms with E-state index in [1.807, 2.05) is 30.3 Å². The number of carbonyl (C=O) groups is 1. The largest absolute Gasteiger partial charge is 0.461 e. The molecule has 15 heavy (non-hydrogen) atoms. The normalized spacial score (nSPS) is 28.5. The monoisotopic (exact) mass is 204 g/mol. The van der Waals surface area contributed by atoms with Gasteiger partial charge in [0.05, 0.1) is 5.92 Å². The summed E-state index contributed by atoms with van der Waals surface area (Å²) in [5, 5.41) is 0. The number of esters is 1. The first-order chi connectivity index (χ1) is 7.20. The minimum atomic E-state index is -0.0427. The number of benzene rings is 1. The fourth-order valence-electron chi connectivity index (χ4n) is 1.92. The van der Waals surface area contributed by atoms with E-state index >= 15 is 0 Å². The third kappa shape index (κ3) is 2.20. The minimum absolute atomic E-state index is 0.0427. The van der Waals surface area contributed by atoms with Gasteiger partial charge in [0.2, 0.25) is 0 Å². The Morgan fingerprint density at radius 2 is 1.80 bits per heavy atom. The Labute approximate surface area is 90.3 Å². The number of carbonyl (C=O) groups excluding carboxylic acids is 1. The maximum atomic E-state index is 11.6. The Kier molecular flexibility index (Phi) is 2.76. The molecule has 1 aromatic carbocycles. The molecular weight excluding hydrogens is 188 g/mol. The van der Waals surface area contributed by atoms with Crippen molar-refractivity contribution in [1.29, 1.82) is 0 Å². The van der Waals surface area contributed by atoms with Gasteiger partial charge in [0.25, 0.3) is 0 Å². The standard InChI is InChI=1S/C13H16O2/c1-9-10(2)12(9)13(14)15-8-11-6-4-3-5-7-11/h3-7,9-10,12H,8H2,1-2H3. The Hall–Kier alpha value is -1.31. The quantitative estimate of drug-likeness (QED) is 0.707. The van der Waals surface area contributed by atoms with Crippen LogP contribution in [0.3, 0.4) is 0 Å². The molecule has 80 valence electrons. The lowest BCUT2D eigenvalue weighted by molar-refractivity contribution is -0.147. The molecule has 2 heteroatoms. The zero-order valence-corrected chi connectivity index (χ0v) is 9.14. The maximum absolute atomic E-state index is 11.6. The predicted molar refractivity (Wildman–Crippen MR) is 58.1 cm³/mol. The van der Waals surface area contributed by atoms with Gasteiger partial charge < -0.3 is 4.74 Å². The molecule has 0 bridgehead atoms. The molecule has 2 unspecified atom stereocenters. The molecule has 1 aliphatic carbocycles. The average molecular weight is 204 g/mol. The van der Waals surface area contributed by atoms with Crippen LogP contribution in [0.2, 0.25) is 0 Å². The minimum Gasteiger partial charge on any atom is -0.461 e.